The first-order chi connectivity index (χ1) is 12.0. The molecule has 4 nitrogen and oxygen atoms in total. The lowest BCUT2D eigenvalue weighted by atomic mass is 10.1. The van der Waals surface area contributed by atoms with Crippen LogP contribution in [0.25, 0.3) is 5.69 Å². The summed E-state index contributed by atoms with van der Waals surface area (Å²) in [5.74, 6) is 0.822. The zero-order valence-corrected chi connectivity index (χ0v) is 15.9. The predicted molar refractivity (Wildman–Crippen MR) is 105 cm³/mol. The van der Waals surface area contributed by atoms with Crippen molar-refractivity contribution in [3.63, 3.8) is 0 Å². The molecule has 0 radical (unpaired) electrons. The summed E-state index contributed by atoms with van der Waals surface area (Å²) in [6.45, 7) is 6.05. The van der Waals surface area contributed by atoms with E-state index in [4.69, 9.17) is 5.10 Å². The van der Waals surface area contributed by atoms with Crippen molar-refractivity contribution in [3.05, 3.63) is 63.5 Å². The van der Waals surface area contributed by atoms with Crippen LogP contribution in [0.2, 0.25) is 0 Å². The van der Waals surface area contributed by atoms with Crippen molar-refractivity contribution in [1.82, 2.24) is 9.78 Å². The number of anilines is 1. The average molecular weight is 370 g/mol. The Morgan fingerprint density at radius 2 is 2.04 bits per heavy atom. The van der Waals surface area contributed by atoms with E-state index in [9.17, 15) is 4.79 Å². The topological polar surface area (TPSA) is 46.9 Å². The number of rotatable bonds is 2. The summed E-state index contributed by atoms with van der Waals surface area (Å²) < 4.78 is 1.87. The summed E-state index contributed by atoms with van der Waals surface area (Å²) in [4.78, 5) is 13.8. The third kappa shape index (κ3) is 2.89. The maximum absolute atomic E-state index is 12.6. The van der Waals surface area contributed by atoms with E-state index in [0.29, 0.717) is 0 Å². The van der Waals surface area contributed by atoms with Gasteiger partial charge in [-0.3, -0.25) is 4.79 Å². The van der Waals surface area contributed by atoms with E-state index in [1.807, 2.05) is 30.7 Å². The van der Waals surface area contributed by atoms with Crippen LogP contribution in [0.4, 0.5) is 5.82 Å². The number of nitrogens with one attached hydrogen (secondary N) is 1. The van der Waals surface area contributed by atoms with Crippen molar-refractivity contribution >= 4 is 34.8 Å². The molecule has 6 heteroatoms. The number of hydrogen-bond acceptors (Lipinski definition) is 4. The van der Waals surface area contributed by atoms with E-state index < -0.39 is 0 Å². The Labute approximate surface area is 155 Å². The molecule has 0 saturated heterocycles. The van der Waals surface area contributed by atoms with Crippen LogP contribution in [-0.2, 0) is 4.79 Å². The zero-order valence-electron chi connectivity index (χ0n) is 14.3. The molecular weight excluding hydrogens is 350 g/mol. The Kier molecular flexibility index (Phi) is 4.17. The highest BCUT2D eigenvalue weighted by molar-refractivity contribution is 8.01. The SMILES string of the molecule is Cc1cccc(-n2nc(C)c3c2NC(=O)[C@@H](C)S[C@H]3c2cccs2)c1. The van der Waals surface area contributed by atoms with Crippen LogP contribution < -0.4 is 5.32 Å². The lowest BCUT2D eigenvalue weighted by molar-refractivity contribution is -0.115. The number of thiophene rings is 1. The largest absolute Gasteiger partial charge is 0.309 e. The highest BCUT2D eigenvalue weighted by atomic mass is 32.2. The van der Waals surface area contributed by atoms with Crippen LogP contribution in [0.5, 0.6) is 0 Å². The molecule has 0 bridgehead atoms. The highest BCUT2D eigenvalue weighted by Crippen LogP contribution is 2.47. The van der Waals surface area contributed by atoms with Crippen LogP contribution in [0, 0.1) is 13.8 Å². The van der Waals surface area contributed by atoms with Crippen LogP contribution in [-0.4, -0.2) is 20.9 Å². The summed E-state index contributed by atoms with van der Waals surface area (Å²) in [5.41, 5.74) is 4.19. The van der Waals surface area contributed by atoms with Gasteiger partial charge in [-0.05, 0) is 49.9 Å². The molecule has 1 N–H and O–H groups in total. The van der Waals surface area contributed by atoms with Gasteiger partial charge in [0.05, 0.1) is 21.9 Å². The van der Waals surface area contributed by atoms with E-state index in [-0.39, 0.29) is 16.4 Å². The van der Waals surface area contributed by atoms with Crippen molar-refractivity contribution in [2.24, 2.45) is 0 Å². The summed E-state index contributed by atoms with van der Waals surface area (Å²) in [6.07, 6.45) is 0. The smallest absolute Gasteiger partial charge is 0.238 e. The van der Waals surface area contributed by atoms with Gasteiger partial charge in [0.2, 0.25) is 5.91 Å². The maximum atomic E-state index is 12.6. The quantitative estimate of drug-likeness (QED) is 0.711. The number of carbonyl (C=O) groups is 1. The van der Waals surface area contributed by atoms with Crippen molar-refractivity contribution < 1.29 is 4.79 Å². The zero-order chi connectivity index (χ0) is 17.6. The number of nitrogens with zero attached hydrogens (tertiary/aromatic N) is 2. The van der Waals surface area contributed by atoms with Crippen LogP contribution in [0.3, 0.4) is 0 Å². The van der Waals surface area contributed by atoms with E-state index in [1.54, 1.807) is 23.1 Å². The number of fused-ring (bicyclic) bond motifs is 1. The number of benzene rings is 1. The third-order valence-corrected chi connectivity index (χ3v) is 6.84. The normalized spacial score (nSPS) is 20.0. The molecule has 128 valence electrons. The molecule has 2 aromatic heterocycles. The molecular formula is C19H19N3OS2. The first kappa shape index (κ1) is 16.4. The molecule has 1 amide bonds. The van der Waals surface area contributed by atoms with E-state index in [0.717, 1.165) is 28.3 Å². The molecule has 0 aliphatic carbocycles. The Hall–Kier alpha value is -2.05. The number of amides is 1. The number of hydrogen-bond donors (Lipinski definition) is 1. The van der Waals surface area contributed by atoms with E-state index >= 15 is 0 Å². The van der Waals surface area contributed by atoms with Crippen LogP contribution >= 0.6 is 23.1 Å². The van der Waals surface area contributed by atoms with Gasteiger partial charge in [-0.2, -0.15) is 5.10 Å². The molecule has 0 unspecified atom stereocenters. The van der Waals surface area contributed by atoms with Gasteiger partial charge in [-0.25, -0.2) is 4.68 Å². The molecule has 25 heavy (non-hydrogen) atoms. The molecule has 0 fully saturated rings. The standard InChI is InChI=1S/C19H19N3OS2/c1-11-6-4-7-14(10-11)22-18-16(12(2)21-22)17(15-8-5-9-24-15)25-13(3)19(23)20-18/h4-10,13,17H,1-3H3,(H,20,23)/t13-,17+/m1/s1. The molecule has 0 spiro atoms. The van der Waals surface area contributed by atoms with Gasteiger partial charge < -0.3 is 5.32 Å². The van der Waals surface area contributed by atoms with Crippen molar-refractivity contribution in [3.8, 4) is 5.69 Å². The summed E-state index contributed by atoms with van der Waals surface area (Å²) in [5, 5.41) is 9.95. The second-order valence-corrected chi connectivity index (χ2v) is 8.69. The number of aromatic nitrogens is 2. The first-order valence-corrected chi connectivity index (χ1v) is 10.0. The van der Waals surface area contributed by atoms with E-state index in [1.165, 1.54) is 4.88 Å². The van der Waals surface area contributed by atoms with Crippen LogP contribution in [0.15, 0.2) is 41.8 Å². The minimum Gasteiger partial charge on any atom is -0.309 e. The van der Waals surface area contributed by atoms with Crippen LogP contribution in [0.1, 0.15) is 33.9 Å². The van der Waals surface area contributed by atoms with Gasteiger partial charge in [0.15, 0.2) is 0 Å². The summed E-state index contributed by atoms with van der Waals surface area (Å²) in [6, 6.07) is 12.4. The first-order valence-electron chi connectivity index (χ1n) is 8.21. The van der Waals surface area contributed by atoms with Gasteiger partial charge in [0.25, 0.3) is 0 Å². The molecule has 1 aliphatic rings. The van der Waals surface area contributed by atoms with Crippen molar-refractivity contribution in [2.75, 3.05) is 5.32 Å². The lowest BCUT2D eigenvalue weighted by Gasteiger charge is -2.15. The molecule has 1 aliphatic heterocycles. The monoisotopic (exact) mass is 369 g/mol. The molecule has 2 atom stereocenters. The number of aryl methyl sites for hydroxylation is 2. The lowest BCUT2D eigenvalue weighted by Crippen LogP contribution is -2.22. The number of thioether (sulfide) groups is 1. The van der Waals surface area contributed by atoms with E-state index in [2.05, 4.69) is 41.9 Å². The van der Waals surface area contributed by atoms with Gasteiger partial charge in [0, 0.05) is 10.4 Å². The molecule has 1 aromatic carbocycles. The Bertz CT molecular complexity index is 930. The number of carbonyl (C=O) groups excluding carboxylic acids is 1. The molecule has 0 saturated carbocycles. The Morgan fingerprint density at radius 3 is 2.76 bits per heavy atom. The highest BCUT2D eigenvalue weighted by Gasteiger charge is 2.34. The predicted octanol–water partition coefficient (Wildman–Crippen LogP) is 4.71. The fraction of sp³-hybridized carbons (Fsp3) is 0.263. The fourth-order valence-electron chi connectivity index (χ4n) is 3.12. The minimum atomic E-state index is -0.121. The van der Waals surface area contributed by atoms with Crippen molar-refractivity contribution in [2.45, 2.75) is 31.3 Å². The third-order valence-electron chi connectivity index (χ3n) is 4.37. The van der Waals surface area contributed by atoms with Crippen molar-refractivity contribution in [1.29, 1.82) is 0 Å². The maximum Gasteiger partial charge on any atom is 0.238 e. The second kappa shape index (κ2) is 6.35. The molecule has 3 aromatic rings. The minimum absolute atomic E-state index is 0.0270. The second-order valence-electron chi connectivity index (χ2n) is 6.26. The van der Waals surface area contributed by atoms with Gasteiger partial charge in [-0.15, -0.1) is 23.1 Å². The summed E-state index contributed by atoms with van der Waals surface area (Å²) in [7, 11) is 0. The summed E-state index contributed by atoms with van der Waals surface area (Å²) >= 11 is 3.41. The van der Waals surface area contributed by atoms with Gasteiger partial charge in [0.1, 0.15) is 5.82 Å². The molecule has 3 heterocycles. The van der Waals surface area contributed by atoms with Gasteiger partial charge >= 0.3 is 0 Å². The van der Waals surface area contributed by atoms with Gasteiger partial charge in [-0.1, -0.05) is 18.2 Å². The average Bonchev–Trinajstić information content (AvgIpc) is 3.19. The Balaban J connectivity index is 1.92. The fourth-order valence-corrected chi connectivity index (χ4v) is 5.39. The molecule has 4 rings (SSSR count). The Morgan fingerprint density at radius 1 is 1.20 bits per heavy atom.